The first-order valence-corrected chi connectivity index (χ1v) is 9.20. The standard InChI is InChI=1S/C19H15N5O2S/c25-16(22-19-21-15(12-27-19)14-7-4-10-20-11-14)8-9-17-23-18(24-26-17)13-5-2-1-3-6-13/h1-7,10-12H,8-9H2,(H,21,22,25). The molecule has 4 aromatic rings. The molecule has 3 aromatic heterocycles. The number of amides is 1. The Labute approximate surface area is 159 Å². The number of pyridine rings is 1. The monoisotopic (exact) mass is 377 g/mol. The van der Waals surface area contributed by atoms with Crippen LogP contribution in [-0.2, 0) is 11.2 Å². The molecule has 0 saturated carbocycles. The number of hydrogen-bond donors (Lipinski definition) is 1. The summed E-state index contributed by atoms with van der Waals surface area (Å²) in [6, 6.07) is 13.3. The Morgan fingerprint density at radius 2 is 1.93 bits per heavy atom. The minimum absolute atomic E-state index is 0.151. The Bertz CT molecular complexity index is 1030. The van der Waals surface area contributed by atoms with Crippen LogP contribution in [0.15, 0.2) is 64.8 Å². The van der Waals surface area contributed by atoms with Crippen molar-refractivity contribution >= 4 is 22.4 Å². The van der Waals surface area contributed by atoms with Crippen LogP contribution in [0.2, 0.25) is 0 Å². The lowest BCUT2D eigenvalue weighted by Crippen LogP contribution is -2.12. The molecule has 0 spiro atoms. The van der Waals surface area contributed by atoms with Gasteiger partial charge in [-0.25, -0.2) is 4.98 Å². The number of rotatable bonds is 6. The van der Waals surface area contributed by atoms with Gasteiger partial charge in [-0.15, -0.1) is 11.3 Å². The van der Waals surface area contributed by atoms with Crippen molar-refractivity contribution in [2.75, 3.05) is 5.32 Å². The zero-order valence-electron chi connectivity index (χ0n) is 14.2. The Morgan fingerprint density at radius 3 is 2.74 bits per heavy atom. The van der Waals surface area contributed by atoms with Crippen molar-refractivity contribution in [1.29, 1.82) is 0 Å². The molecule has 0 aliphatic heterocycles. The van der Waals surface area contributed by atoms with Crippen LogP contribution < -0.4 is 5.32 Å². The highest BCUT2D eigenvalue weighted by molar-refractivity contribution is 7.14. The van der Waals surface area contributed by atoms with Gasteiger partial charge in [0.1, 0.15) is 0 Å². The van der Waals surface area contributed by atoms with Gasteiger partial charge in [0.05, 0.1) is 5.69 Å². The maximum absolute atomic E-state index is 12.2. The molecule has 1 aromatic carbocycles. The second-order valence-corrected chi connectivity index (χ2v) is 6.56. The molecule has 1 N–H and O–H groups in total. The van der Waals surface area contributed by atoms with Crippen LogP contribution in [-0.4, -0.2) is 26.0 Å². The predicted molar refractivity (Wildman–Crippen MR) is 102 cm³/mol. The molecule has 4 rings (SSSR count). The first-order chi connectivity index (χ1) is 13.3. The third-order valence-electron chi connectivity index (χ3n) is 3.77. The molecule has 1 amide bonds. The highest BCUT2D eigenvalue weighted by Crippen LogP contribution is 2.24. The summed E-state index contributed by atoms with van der Waals surface area (Å²) in [7, 11) is 0. The average molecular weight is 377 g/mol. The molecule has 134 valence electrons. The van der Waals surface area contributed by atoms with Crippen LogP contribution >= 0.6 is 11.3 Å². The molecule has 3 heterocycles. The number of carbonyl (C=O) groups excluding carboxylic acids is 1. The summed E-state index contributed by atoms with van der Waals surface area (Å²) in [6.07, 6.45) is 4.05. The second-order valence-electron chi connectivity index (χ2n) is 5.71. The Hall–Kier alpha value is -3.39. The minimum atomic E-state index is -0.151. The van der Waals surface area contributed by atoms with Gasteiger partial charge in [-0.3, -0.25) is 9.78 Å². The topological polar surface area (TPSA) is 93.8 Å². The van der Waals surface area contributed by atoms with Crippen molar-refractivity contribution in [3.05, 3.63) is 66.1 Å². The molecule has 0 unspecified atom stereocenters. The van der Waals surface area contributed by atoms with Crippen molar-refractivity contribution in [2.45, 2.75) is 12.8 Å². The first kappa shape index (κ1) is 17.0. The zero-order valence-corrected chi connectivity index (χ0v) is 15.0. The molecule has 0 saturated heterocycles. The Balaban J connectivity index is 1.33. The van der Waals surface area contributed by atoms with E-state index in [9.17, 15) is 4.79 Å². The number of carbonyl (C=O) groups is 1. The number of aromatic nitrogens is 4. The predicted octanol–water partition coefficient (Wildman–Crippen LogP) is 3.83. The molecule has 27 heavy (non-hydrogen) atoms. The van der Waals surface area contributed by atoms with Gasteiger partial charge in [-0.2, -0.15) is 4.98 Å². The van der Waals surface area contributed by atoms with Gasteiger partial charge in [-0.1, -0.05) is 35.5 Å². The molecule has 0 aliphatic carbocycles. The Morgan fingerprint density at radius 1 is 1.07 bits per heavy atom. The maximum atomic E-state index is 12.2. The lowest BCUT2D eigenvalue weighted by Gasteiger charge is -1.99. The van der Waals surface area contributed by atoms with E-state index in [1.807, 2.05) is 47.8 Å². The largest absolute Gasteiger partial charge is 0.339 e. The molecule has 0 aliphatic rings. The highest BCUT2D eigenvalue weighted by atomic mass is 32.1. The van der Waals surface area contributed by atoms with Crippen LogP contribution in [0, 0.1) is 0 Å². The minimum Gasteiger partial charge on any atom is -0.339 e. The number of thiazole rings is 1. The van der Waals surface area contributed by atoms with Gasteiger partial charge in [0.15, 0.2) is 5.13 Å². The number of benzene rings is 1. The molecule has 7 nitrogen and oxygen atoms in total. The SMILES string of the molecule is O=C(CCc1nc(-c2ccccc2)no1)Nc1nc(-c2cccnc2)cs1. The lowest BCUT2D eigenvalue weighted by molar-refractivity contribution is -0.116. The summed E-state index contributed by atoms with van der Waals surface area (Å²) in [5.41, 5.74) is 2.57. The van der Waals surface area contributed by atoms with Crippen molar-refractivity contribution in [3.8, 4) is 22.6 Å². The molecule has 0 bridgehead atoms. The molecule has 8 heteroatoms. The third-order valence-corrected chi connectivity index (χ3v) is 4.53. The summed E-state index contributed by atoms with van der Waals surface area (Å²) in [6.45, 7) is 0. The van der Waals surface area contributed by atoms with Gasteiger partial charge in [-0.05, 0) is 12.1 Å². The second kappa shape index (κ2) is 7.88. The number of anilines is 1. The quantitative estimate of drug-likeness (QED) is 0.549. The van der Waals surface area contributed by atoms with E-state index >= 15 is 0 Å². The molecule has 0 atom stereocenters. The van der Waals surface area contributed by atoms with Gasteiger partial charge in [0, 0.05) is 41.7 Å². The van der Waals surface area contributed by atoms with Gasteiger partial charge in [0.25, 0.3) is 0 Å². The summed E-state index contributed by atoms with van der Waals surface area (Å²) < 4.78 is 5.22. The number of hydrogen-bond acceptors (Lipinski definition) is 7. The van der Waals surface area contributed by atoms with Gasteiger partial charge in [0.2, 0.25) is 17.6 Å². The third kappa shape index (κ3) is 4.24. The van der Waals surface area contributed by atoms with E-state index in [0.717, 1.165) is 16.8 Å². The zero-order chi connectivity index (χ0) is 18.5. The molecule has 0 fully saturated rings. The van der Waals surface area contributed by atoms with E-state index in [1.165, 1.54) is 11.3 Å². The van der Waals surface area contributed by atoms with Crippen molar-refractivity contribution in [3.63, 3.8) is 0 Å². The van der Waals surface area contributed by atoms with Crippen LogP contribution in [0.4, 0.5) is 5.13 Å². The average Bonchev–Trinajstić information content (AvgIpc) is 3.37. The number of nitrogens with zero attached hydrogens (tertiary/aromatic N) is 4. The van der Waals surface area contributed by atoms with E-state index in [4.69, 9.17) is 4.52 Å². The summed E-state index contributed by atoms with van der Waals surface area (Å²) >= 11 is 1.37. The van der Waals surface area contributed by atoms with Crippen LogP contribution in [0.25, 0.3) is 22.6 Å². The van der Waals surface area contributed by atoms with Crippen molar-refractivity contribution < 1.29 is 9.32 Å². The van der Waals surface area contributed by atoms with E-state index in [-0.39, 0.29) is 12.3 Å². The fourth-order valence-electron chi connectivity index (χ4n) is 2.44. The normalized spacial score (nSPS) is 10.7. The molecular weight excluding hydrogens is 362 g/mol. The maximum Gasteiger partial charge on any atom is 0.227 e. The van der Waals surface area contributed by atoms with Crippen LogP contribution in [0.5, 0.6) is 0 Å². The molecular formula is C19H15N5O2S. The Kier molecular flexibility index (Phi) is 4.97. The van der Waals surface area contributed by atoms with Crippen molar-refractivity contribution in [2.24, 2.45) is 0 Å². The van der Waals surface area contributed by atoms with Crippen molar-refractivity contribution in [1.82, 2.24) is 20.1 Å². The molecule has 0 radical (unpaired) electrons. The van der Waals surface area contributed by atoms with E-state index < -0.39 is 0 Å². The smallest absolute Gasteiger partial charge is 0.227 e. The van der Waals surface area contributed by atoms with Gasteiger partial charge < -0.3 is 9.84 Å². The fourth-order valence-corrected chi connectivity index (χ4v) is 3.18. The van der Waals surface area contributed by atoms with E-state index in [1.54, 1.807) is 12.4 Å². The summed E-state index contributed by atoms with van der Waals surface area (Å²) in [4.78, 5) is 25.0. The highest BCUT2D eigenvalue weighted by Gasteiger charge is 2.12. The fraction of sp³-hybridized carbons (Fsp3) is 0.105. The first-order valence-electron chi connectivity index (χ1n) is 8.32. The lowest BCUT2D eigenvalue weighted by atomic mass is 10.2. The summed E-state index contributed by atoms with van der Waals surface area (Å²) in [5, 5.41) is 9.19. The summed E-state index contributed by atoms with van der Waals surface area (Å²) in [5.74, 6) is 0.799. The van der Waals surface area contributed by atoms with Crippen LogP contribution in [0.3, 0.4) is 0 Å². The van der Waals surface area contributed by atoms with E-state index in [0.29, 0.717) is 23.3 Å². The van der Waals surface area contributed by atoms with Gasteiger partial charge >= 0.3 is 0 Å². The van der Waals surface area contributed by atoms with E-state index in [2.05, 4.69) is 25.4 Å². The number of nitrogens with one attached hydrogen (secondary N) is 1. The number of aryl methyl sites for hydroxylation is 1. The van der Waals surface area contributed by atoms with Crippen LogP contribution in [0.1, 0.15) is 12.3 Å².